The summed E-state index contributed by atoms with van der Waals surface area (Å²) in [5, 5.41) is 13.8. The fraction of sp³-hybridized carbons (Fsp3) is 0.385. The molecule has 3 nitrogen and oxygen atoms in total. The molecule has 2 rings (SSSR count). The average Bonchev–Trinajstić information content (AvgIpc) is 2.74. The van der Waals surface area contributed by atoms with Crippen LogP contribution in [-0.4, -0.2) is 16.7 Å². The minimum atomic E-state index is 0.821. The summed E-state index contributed by atoms with van der Waals surface area (Å²) in [7, 11) is 0. The number of nitrogens with zero attached hydrogens (tertiary/aromatic N) is 2. The van der Waals surface area contributed by atoms with E-state index in [1.54, 1.807) is 11.3 Å². The van der Waals surface area contributed by atoms with Crippen molar-refractivity contribution in [3.63, 3.8) is 0 Å². The van der Waals surface area contributed by atoms with E-state index in [1.165, 1.54) is 11.1 Å². The maximum absolute atomic E-state index is 4.22. The summed E-state index contributed by atoms with van der Waals surface area (Å²) < 4.78 is 0. The molecule has 0 aliphatic carbocycles. The van der Waals surface area contributed by atoms with E-state index in [9.17, 15) is 0 Å². The average molecular weight is 247 g/mol. The Morgan fingerprint density at radius 3 is 2.82 bits per heavy atom. The lowest BCUT2D eigenvalue weighted by Crippen LogP contribution is -2.11. The third-order valence-electron chi connectivity index (χ3n) is 2.47. The third-order valence-corrected chi connectivity index (χ3v) is 3.40. The first-order valence-electron chi connectivity index (χ1n) is 5.85. The van der Waals surface area contributed by atoms with Gasteiger partial charge in [-0.1, -0.05) is 48.1 Å². The van der Waals surface area contributed by atoms with E-state index in [2.05, 4.69) is 53.6 Å². The van der Waals surface area contributed by atoms with Crippen molar-refractivity contribution in [1.82, 2.24) is 15.5 Å². The monoisotopic (exact) mass is 247 g/mol. The lowest BCUT2D eigenvalue weighted by atomic mass is 10.1. The van der Waals surface area contributed by atoms with Crippen LogP contribution in [0.2, 0.25) is 0 Å². The second-order valence-electron chi connectivity index (χ2n) is 4.04. The molecule has 0 fully saturated rings. The van der Waals surface area contributed by atoms with Gasteiger partial charge in [0, 0.05) is 13.0 Å². The fourth-order valence-electron chi connectivity index (χ4n) is 1.66. The molecule has 0 saturated carbocycles. The SMILES string of the molecule is CCNCc1nnc(Cc2cccc(C)c2)s1. The first kappa shape index (κ1) is 12.2. The van der Waals surface area contributed by atoms with E-state index in [1.807, 2.05) is 0 Å². The van der Waals surface area contributed by atoms with Crippen molar-refractivity contribution < 1.29 is 0 Å². The first-order valence-corrected chi connectivity index (χ1v) is 6.67. The van der Waals surface area contributed by atoms with Gasteiger partial charge in [-0.15, -0.1) is 10.2 Å². The quantitative estimate of drug-likeness (QED) is 0.882. The Balaban J connectivity index is 2.01. The zero-order valence-corrected chi connectivity index (χ0v) is 11.0. The summed E-state index contributed by atoms with van der Waals surface area (Å²) in [5.74, 6) is 0. The standard InChI is InChI=1S/C13H17N3S/c1-3-14-9-13-16-15-12(17-13)8-11-6-4-5-10(2)7-11/h4-7,14H,3,8-9H2,1-2H3. The highest BCUT2D eigenvalue weighted by Gasteiger charge is 2.04. The van der Waals surface area contributed by atoms with Crippen molar-refractivity contribution in [2.75, 3.05) is 6.54 Å². The Bertz CT molecular complexity index is 479. The maximum atomic E-state index is 4.22. The largest absolute Gasteiger partial charge is 0.311 e. The van der Waals surface area contributed by atoms with Gasteiger partial charge in [0.2, 0.25) is 0 Å². The number of aromatic nitrogens is 2. The van der Waals surface area contributed by atoms with Crippen LogP contribution < -0.4 is 5.32 Å². The van der Waals surface area contributed by atoms with E-state index in [0.717, 1.165) is 29.5 Å². The highest BCUT2D eigenvalue weighted by Crippen LogP contribution is 2.15. The molecule has 0 unspecified atom stereocenters. The van der Waals surface area contributed by atoms with Gasteiger partial charge in [-0.2, -0.15) is 0 Å². The second-order valence-corrected chi connectivity index (χ2v) is 5.18. The number of aryl methyl sites for hydroxylation is 1. The van der Waals surface area contributed by atoms with Crippen molar-refractivity contribution in [2.45, 2.75) is 26.8 Å². The summed E-state index contributed by atoms with van der Waals surface area (Å²) in [4.78, 5) is 0. The van der Waals surface area contributed by atoms with Crippen LogP contribution in [0.1, 0.15) is 28.1 Å². The van der Waals surface area contributed by atoms with Crippen molar-refractivity contribution in [3.05, 3.63) is 45.4 Å². The van der Waals surface area contributed by atoms with E-state index in [0.29, 0.717) is 0 Å². The smallest absolute Gasteiger partial charge is 0.131 e. The van der Waals surface area contributed by atoms with E-state index < -0.39 is 0 Å². The molecule has 2 aromatic rings. The number of nitrogens with one attached hydrogen (secondary N) is 1. The molecule has 90 valence electrons. The zero-order chi connectivity index (χ0) is 12.1. The topological polar surface area (TPSA) is 37.8 Å². The third kappa shape index (κ3) is 3.61. The number of hydrogen-bond donors (Lipinski definition) is 1. The van der Waals surface area contributed by atoms with Gasteiger partial charge in [-0.25, -0.2) is 0 Å². The molecule has 4 heteroatoms. The van der Waals surface area contributed by atoms with Gasteiger partial charge >= 0.3 is 0 Å². The lowest BCUT2D eigenvalue weighted by Gasteiger charge is -1.98. The number of rotatable bonds is 5. The minimum absolute atomic E-state index is 0.821. The van der Waals surface area contributed by atoms with Gasteiger partial charge in [-0.3, -0.25) is 0 Å². The first-order chi connectivity index (χ1) is 8.28. The lowest BCUT2D eigenvalue weighted by molar-refractivity contribution is 0.714. The van der Waals surface area contributed by atoms with Gasteiger partial charge in [0.1, 0.15) is 10.0 Å². The molecule has 17 heavy (non-hydrogen) atoms. The molecule has 0 bridgehead atoms. The summed E-state index contributed by atoms with van der Waals surface area (Å²) >= 11 is 1.69. The molecular formula is C13H17N3S. The van der Waals surface area contributed by atoms with Crippen molar-refractivity contribution in [1.29, 1.82) is 0 Å². The Hall–Kier alpha value is -1.26. The van der Waals surface area contributed by atoms with Gasteiger partial charge in [-0.05, 0) is 19.0 Å². The van der Waals surface area contributed by atoms with E-state index in [-0.39, 0.29) is 0 Å². The molecule has 1 aromatic heterocycles. The molecule has 0 saturated heterocycles. The van der Waals surface area contributed by atoms with E-state index in [4.69, 9.17) is 0 Å². The Kier molecular flexibility index (Phi) is 4.23. The molecule has 0 aliphatic heterocycles. The molecule has 0 amide bonds. The Morgan fingerprint density at radius 1 is 1.24 bits per heavy atom. The molecule has 0 atom stereocenters. The van der Waals surface area contributed by atoms with Crippen LogP contribution in [0.5, 0.6) is 0 Å². The van der Waals surface area contributed by atoms with Crippen LogP contribution in [0, 0.1) is 6.92 Å². The van der Waals surface area contributed by atoms with Gasteiger partial charge in [0.25, 0.3) is 0 Å². The summed E-state index contributed by atoms with van der Waals surface area (Å²) in [6.45, 7) is 5.99. The van der Waals surface area contributed by atoms with Crippen LogP contribution in [0.4, 0.5) is 0 Å². The summed E-state index contributed by atoms with van der Waals surface area (Å²) in [6, 6.07) is 8.54. The maximum Gasteiger partial charge on any atom is 0.131 e. The predicted octanol–water partition coefficient (Wildman–Crippen LogP) is 2.55. The summed E-state index contributed by atoms with van der Waals surface area (Å²) in [5.41, 5.74) is 2.59. The zero-order valence-electron chi connectivity index (χ0n) is 10.2. The van der Waals surface area contributed by atoms with Gasteiger partial charge in [0.05, 0.1) is 0 Å². The molecule has 0 aliphatic rings. The van der Waals surface area contributed by atoms with Crippen LogP contribution >= 0.6 is 11.3 Å². The molecular weight excluding hydrogens is 230 g/mol. The van der Waals surface area contributed by atoms with Crippen LogP contribution in [0.15, 0.2) is 24.3 Å². The highest BCUT2D eigenvalue weighted by atomic mass is 32.1. The van der Waals surface area contributed by atoms with Crippen molar-refractivity contribution in [2.24, 2.45) is 0 Å². The van der Waals surface area contributed by atoms with Crippen LogP contribution in [0.3, 0.4) is 0 Å². The van der Waals surface area contributed by atoms with Crippen LogP contribution in [-0.2, 0) is 13.0 Å². The van der Waals surface area contributed by atoms with Crippen LogP contribution in [0.25, 0.3) is 0 Å². The molecule has 0 radical (unpaired) electrons. The van der Waals surface area contributed by atoms with Gasteiger partial charge < -0.3 is 5.32 Å². The molecule has 1 aromatic carbocycles. The highest BCUT2D eigenvalue weighted by molar-refractivity contribution is 7.11. The number of hydrogen-bond acceptors (Lipinski definition) is 4. The number of benzene rings is 1. The van der Waals surface area contributed by atoms with E-state index >= 15 is 0 Å². The molecule has 1 N–H and O–H groups in total. The Labute approximate surface area is 106 Å². The normalized spacial score (nSPS) is 10.7. The van der Waals surface area contributed by atoms with Gasteiger partial charge in [0.15, 0.2) is 0 Å². The Morgan fingerprint density at radius 2 is 2.06 bits per heavy atom. The molecule has 1 heterocycles. The summed E-state index contributed by atoms with van der Waals surface area (Å²) in [6.07, 6.45) is 0.880. The predicted molar refractivity (Wildman–Crippen MR) is 71.3 cm³/mol. The molecule has 0 spiro atoms. The second kappa shape index (κ2) is 5.89. The van der Waals surface area contributed by atoms with Crippen molar-refractivity contribution in [3.8, 4) is 0 Å². The van der Waals surface area contributed by atoms with Crippen molar-refractivity contribution >= 4 is 11.3 Å². The minimum Gasteiger partial charge on any atom is -0.311 e. The fourth-order valence-corrected chi connectivity index (χ4v) is 2.51.